The average Bonchev–Trinajstić information content (AvgIpc) is 2.94. The van der Waals surface area contributed by atoms with Crippen LogP contribution in [-0.2, 0) is 13.1 Å². The summed E-state index contributed by atoms with van der Waals surface area (Å²) in [7, 11) is 0. The lowest BCUT2D eigenvalue weighted by atomic mass is 10.3. The van der Waals surface area contributed by atoms with E-state index in [4.69, 9.17) is 10.2 Å². The van der Waals surface area contributed by atoms with E-state index in [-0.39, 0.29) is 5.91 Å². The fourth-order valence-electron chi connectivity index (χ4n) is 1.35. The minimum Gasteiger partial charge on any atom is -0.467 e. The number of rotatable bonds is 4. The molecule has 2 rings (SSSR count). The van der Waals surface area contributed by atoms with Crippen LogP contribution in [0.2, 0.25) is 0 Å². The standard InChI is InChI=1S/C11H13N3O2S/c1-7-6-17-10(14-7)4-13-11(15)8-2-9(3-12)16-5-8/h2,5-6H,3-4,12H2,1H3,(H,13,15). The zero-order valence-electron chi connectivity index (χ0n) is 9.40. The van der Waals surface area contributed by atoms with Crippen molar-refractivity contribution in [3.63, 3.8) is 0 Å². The van der Waals surface area contributed by atoms with E-state index < -0.39 is 0 Å². The first-order valence-electron chi connectivity index (χ1n) is 5.15. The molecule has 2 aromatic rings. The Balaban J connectivity index is 1.93. The number of carbonyl (C=O) groups excluding carboxylic acids is 1. The van der Waals surface area contributed by atoms with Crippen LogP contribution in [0.25, 0.3) is 0 Å². The molecule has 1 amide bonds. The number of nitrogens with two attached hydrogens (primary N) is 1. The Bertz CT molecular complexity index is 518. The van der Waals surface area contributed by atoms with Gasteiger partial charge in [-0.1, -0.05) is 0 Å². The van der Waals surface area contributed by atoms with Gasteiger partial charge in [-0.2, -0.15) is 0 Å². The second kappa shape index (κ2) is 5.11. The maximum atomic E-state index is 11.7. The van der Waals surface area contributed by atoms with E-state index in [9.17, 15) is 4.79 Å². The van der Waals surface area contributed by atoms with Crippen molar-refractivity contribution >= 4 is 17.2 Å². The fourth-order valence-corrected chi connectivity index (χ4v) is 2.06. The van der Waals surface area contributed by atoms with Crippen molar-refractivity contribution in [1.29, 1.82) is 0 Å². The quantitative estimate of drug-likeness (QED) is 0.861. The number of hydrogen-bond acceptors (Lipinski definition) is 5. The number of hydrogen-bond donors (Lipinski definition) is 2. The molecule has 2 aromatic heterocycles. The summed E-state index contributed by atoms with van der Waals surface area (Å²) in [5.41, 5.74) is 6.85. The van der Waals surface area contributed by atoms with E-state index in [2.05, 4.69) is 10.3 Å². The van der Waals surface area contributed by atoms with Gasteiger partial charge < -0.3 is 15.5 Å². The molecule has 0 aliphatic carbocycles. The predicted octanol–water partition coefficient (Wildman–Crippen LogP) is 1.43. The maximum Gasteiger partial charge on any atom is 0.254 e. The van der Waals surface area contributed by atoms with E-state index in [1.807, 2.05) is 12.3 Å². The minimum absolute atomic E-state index is 0.179. The summed E-state index contributed by atoms with van der Waals surface area (Å²) in [5.74, 6) is 0.418. The van der Waals surface area contributed by atoms with Gasteiger partial charge in [-0.25, -0.2) is 4.98 Å². The number of amides is 1. The third-order valence-electron chi connectivity index (χ3n) is 2.18. The van der Waals surface area contributed by atoms with Crippen molar-refractivity contribution in [2.75, 3.05) is 0 Å². The van der Waals surface area contributed by atoms with E-state index in [0.29, 0.717) is 24.4 Å². The molecule has 6 heteroatoms. The highest BCUT2D eigenvalue weighted by Gasteiger charge is 2.09. The SMILES string of the molecule is Cc1csc(CNC(=O)c2coc(CN)c2)n1. The van der Waals surface area contributed by atoms with Gasteiger partial charge in [0.15, 0.2) is 0 Å². The van der Waals surface area contributed by atoms with Crippen molar-refractivity contribution in [3.05, 3.63) is 39.7 Å². The summed E-state index contributed by atoms with van der Waals surface area (Å²) in [6.45, 7) is 2.64. The van der Waals surface area contributed by atoms with Crippen LogP contribution >= 0.6 is 11.3 Å². The molecule has 0 atom stereocenters. The maximum absolute atomic E-state index is 11.7. The van der Waals surface area contributed by atoms with Gasteiger partial charge in [-0.3, -0.25) is 4.79 Å². The summed E-state index contributed by atoms with van der Waals surface area (Å²) in [5, 5.41) is 5.61. The van der Waals surface area contributed by atoms with Gasteiger partial charge in [0.2, 0.25) is 0 Å². The summed E-state index contributed by atoms with van der Waals surface area (Å²) in [6.07, 6.45) is 1.41. The molecule has 0 bridgehead atoms. The first-order chi connectivity index (χ1) is 8.19. The topological polar surface area (TPSA) is 81.2 Å². The van der Waals surface area contributed by atoms with Crippen molar-refractivity contribution < 1.29 is 9.21 Å². The number of carbonyl (C=O) groups is 1. The van der Waals surface area contributed by atoms with E-state index in [1.165, 1.54) is 17.6 Å². The van der Waals surface area contributed by atoms with Gasteiger partial charge in [-0.05, 0) is 13.0 Å². The summed E-state index contributed by atoms with van der Waals surface area (Å²) < 4.78 is 5.09. The summed E-state index contributed by atoms with van der Waals surface area (Å²) in [4.78, 5) is 16.0. The number of nitrogens with zero attached hydrogens (tertiary/aromatic N) is 1. The van der Waals surface area contributed by atoms with Crippen molar-refractivity contribution in [1.82, 2.24) is 10.3 Å². The van der Waals surface area contributed by atoms with Crippen LogP contribution in [0.15, 0.2) is 22.1 Å². The molecule has 0 aliphatic rings. The molecule has 0 spiro atoms. The first kappa shape index (κ1) is 11.8. The molecular formula is C11H13N3O2S. The Kier molecular flexibility index (Phi) is 3.55. The highest BCUT2D eigenvalue weighted by Crippen LogP contribution is 2.10. The van der Waals surface area contributed by atoms with E-state index in [1.54, 1.807) is 6.07 Å². The highest BCUT2D eigenvalue weighted by atomic mass is 32.1. The fraction of sp³-hybridized carbons (Fsp3) is 0.273. The van der Waals surface area contributed by atoms with E-state index in [0.717, 1.165) is 10.7 Å². The molecule has 0 aromatic carbocycles. The Labute approximate surface area is 103 Å². The Hall–Kier alpha value is -1.66. The Morgan fingerprint density at radius 2 is 2.47 bits per heavy atom. The first-order valence-corrected chi connectivity index (χ1v) is 6.03. The lowest BCUT2D eigenvalue weighted by molar-refractivity contribution is 0.0950. The van der Waals surface area contributed by atoms with Crippen LogP contribution in [0.3, 0.4) is 0 Å². The molecular weight excluding hydrogens is 238 g/mol. The molecule has 3 N–H and O–H groups in total. The van der Waals surface area contributed by atoms with Crippen molar-refractivity contribution in [3.8, 4) is 0 Å². The monoisotopic (exact) mass is 251 g/mol. The molecule has 0 aliphatic heterocycles. The molecule has 17 heavy (non-hydrogen) atoms. The van der Waals surface area contributed by atoms with Crippen molar-refractivity contribution in [2.45, 2.75) is 20.0 Å². The molecule has 0 saturated heterocycles. The molecule has 0 unspecified atom stereocenters. The van der Waals surface area contributed by atoms with Crippen LogP contribution in [0.5, 0.6) is 0 Å². The van der Waals surface area contributed by atoms with E-state index >= 15 is 0 Å². The van der Waals surface area contributed by atoms with Crippen LogP contribution in [0.1, 0.15) is 26.8 Å². The number of thiazole rings is 1. The third kappa shape index (κ3) is 2.92. The number of nitrogens with one attached hydrogen (secondary N) is 1. The van der Waals surface area contributed by atoms with Crippen LogP contribution in [-0.4, -0.2) is 10.9 Å². The molecule has 0 saturated carbocycles. The zero-order chi connectivity index (χ0) is 12.3. The van der Waals surface area contributed by atoms with Gasteiger partial charge in [0.05, 0.1) is 18.7 Å². The van der Waals surface area contributed by atoms with Gasteiger partial charge in [-0.15, -0.1) is 11.3 Å². The average molecular weight is 251 g/mol. The van der Waals surface area contributed by atoms with Crippen LogP contribution in [0.4, 0.5) is 0 Å². The normalized spacial score (nSPS) is 10.5. The van der Waals surface area contributed by atoms with Gasteiger partial charge in [0.25, 0.3) is 5.91 Å². The van der Waals surface area contributed by atoms with Crippen molar-refractivity contribution in [2.24, 2.45) is 5.73 Å². The third-order valence-corrected chi connectivity index (χ3v) is 3.15. The Morgan fingerprint density at radius 1 is 1.65 bits per heavy atom. The van der Waals surface area contributed by atoms with Gasteiger partial charge in [0.1, 0.15) is 17.0 Å². The molecule has 2 heterocycles. The summed E-state index contributed by atoms with van der Waals surface area (Å²) in [6, 6.07) is 1.64. The zero-order valence-corrected chi connectivity index (χ0v) is 10.2. The minimum atomic E-state index is -0.179. The second-order valence-electron chi connectivity index (χ2n) is 3.57. The van der Waals surface area contributed by atoms with Crippen LogP contribution in [0, 0.1) is 6.92 Å². The van der Waals surface area contributed by atoms with Crippen LogP contribution < -0.4 is 11.1 Å². The summed E-state index contributed by atoms with van der Waals surface area (Å²) >= 11 is 1.53. The largest absolute Gasteiger partial charge is 0.467 e. The molecule has 0 fully saturated rings. The lowest BCUT2D eigenvalue weighted by Crippen LogP contribution is -2.22. The molecule has 90 valence electrons. The lowest BCUT2D eigenvalue weighted by Gasteiger charge is -1.99. The molecule has 5 nitrogen and oxygen atoms in total. The van der Waals surface area contributed by atoms with Gasteiger partial charge in [0, 0.05) is 11.1 Å². The number of aryl methyl sites for hydroxylation is 1. The predicted molar refractivity (Wildman–Crippen MR) is 64.6 cm³/mol. The Morgan fingerprint density at radius 3 is 3.06 bits per heavy atom. The number of furan rings is 1. The smallest absolute Gasteiger partial charge is 0.254 e. The highest BCUT2D eigenvalue weighted by molar-refractivity contribution is 7.09. The molecule has 0 radical (unpaired) electrons. The van der Waals surface area contributed by atoms with Gasteiger partial charge >= 0.3 is 0 Å². The second-order valence-corrected chi connectivity index (χ2v) is 4.51. The number of aromatic nitrogens is 1.